The Morgan fingerprint density at radius 3 is 2.36 bits per heavy atom. The molecular weight excluding hydrogens is 476 g/mol. The van der Waals surface area contributed by atoms with Gasteiger partial charge in [-0.05, 0) is 55.1 Å². The number of para-hydroxylation sites is 1. The lowest BCUT2D eigenvalue weighted by Crippen LogP contribution is -2.40. The number of aromatic nitrogens is 3. The standard InChI is InChI=1S/C28H23ClN4O3/c1-3-18-10-9-15-31(17-18)25-24(26(34)32(28(25)36)20-12-6-5-7-13-20)23-22(4-2)30-33(27(23)35)21-14-8-11-19(29)16-21/h5-17H,3-4H2,1-2H3. The van der Waals surface area contributed by atoms with E-state index in [1.54, 1.807) is 59.3 Å². The van der Waals surface area contributed by atoms with Crippen molar-refractivity contribution in [2.24, 2.45) is 0 Å². The van der Waals surface area contributed by atoms with Gasteiger partial charge in [0.2, 0.25) is 0 Å². The number of anilines is 1. The summed E-state index contributed by atoms with van der Waals surface area (Å²) >= 11 is 6.15. The van der Waals surface area contributed by atoms with Crippen molar-refractivity contribution in [1.29, 1.82) is 0 Å². The zero-order valence-electron chi connectivity index (χ0n) is 19.8. The van der Waals surface area contributed by atoms with Crippen LogP contribution >= 0.6 is 11.6 Å². The number of pyridine rings is 1. The smallest absolute Gasteiger partial charge is 0.331 e. The van der Waals surface area contributed by atoms with Crippen LogP contribution in [0.4, 0.5) is 5.69 Å². The molecule has 1 aliphatic rings. The number of aryl methyl sites for hydroxylation is 2. The van der Waals surface area contributed by atoms with Crippen LogP contribution in [-0.2, 0) is 22.4 Å². The number of nitrogens with zero attached hydrogens (tertiary/aromatic N) is 4. The van der Waals surface area contributed by atoms with Crippen LogP contribution in [0.25, 0.3) is 17.0 Å². The van der Waals surface area contributed by atoms with Gasteiger partial charge in [-0.3, -0.25) is 9.59 Å². The minimum absolute atomic E-state index is 0.0391. The minimum atomic E-state index is -0.562. The van der Waals surface area contributed by atoms with Gasteiger partial charge in [-0.2, -0.15) is 9.67 Å². The van der Waals surface area contributed by atoms with E-state index in [9.17, 15) is 14.7 Å². The molecule has 4 aromatic rings. The monoisotopic (exact) mass is 498 g/mol. The molecule has 0 aliphatic carbocycles. The molecular formula is C28H23ClN4O3. The van der Waals surface area contributed by atoms with Gasteiger partial charge in [-0.25, -0.2) is 9.58 Å². The van der Waals surface area contributed by atoms with Gasteiger partial charge >= 0.3 is 5.91 Å². The third kappa shape index (κ3) is 3.87. The molecule has 1 aliphatic heterocycles. The van der Waals surface area contributed by atoms with Gasteiger partial charge in [0.05, 0.1) is 17.1 Å². The van der Waals surface area contributed by atoms with Crippen LogP contribution in [0.3, 0.4) is 0 Å². The first-order chi connectivity index (χ1) is 17.4. The molecule has 0 unspecified atom stereocenters. The number of halogens is 1. The lowest BCUT2D eigenvalue weighted by molar-refractivity contribution is -0.577. The third-order valence-corrected chi connectivity index (χ3v) is 6.39. The van der Waals surface area contributed by atoms with Crippen molar-refractivity contribution >= 4 is 40.4 Å². The molecule has 8 heteroatoms. The molecule has 0 spiro atoms. The molecule has 0 bridgehead atoms. The van der Waals surface area contributed by atoms with Crippen molar-refractivity contribution in [1.82, 2.24) is 9.78 Å². The Bertz CT molecular complexity index is 1530. The number of imide groups is 1. The average Bonchev–Trinajstić information content (AvgIpc) is 3.36. The van der Waals surface area contributed by atoms with E-state index in [-0.39, 0.29) is 16.8 Å². The van der Waals surface area contributed by atoms with Gasteiger partial charge < -0.3 is 5.11 Å². The number of carbonyl (C=O) groups is 2. The highest BCUT2D eigenvalue weighted by atomic mass is 35.5. The molecule has 2 aromatic carbocycles. The summed E-state index contributed by atoms with van der Waals surface area (Å²) in [5.74, 6) is -1.55. The van der Waals surface area contributed by atoms with E-state index in [0.29, 0.717) is 28.5 Å². The van der Waals surface area contributed by atoms with Crippen LogP contribution in [-0.4, -0.2) is 21.6 Å². The maximum atomic E-state index is 13.9. The van der Waals surface area contributed by atoms with Gasteiger partial charge in [-0.15, -0.1) is 0 Å². The third-order valence-electron chi connectivity index (χ3n) is 6.16. The van der Waals surface area contributed by atoms with Crippen LogP contribution in [0.15, 0.2) is 79.1 Å². The van der Waals surface area contributed by atoms with Gasteiger partial charge in [-0.1, -0.05) is 49.7 Å². The van der Waals surface area contributed by atoms with Crippen LogP contribution in [0.5, 0.6) is 5.88 Å². The average molecular weight is 499 g/mol. The predicted molar refractivity (Wildman–Crippen MR) is 135 cm³/mol. The molecule has 0 N–H and O–H groups in total. The van der Waals surface area contributed by atoms with E-state index in [2.05, 4.69) is 5.10 Å². The molecule has 2 aromatic heterocycles. The Morgan fingerprint density at radius 2 is 1.67 bits per heavy atom. The van der Waals surface area contributed by atoms with Crippen LogP contribution < -0.4 is 14.6 Å². The van der Waals surface area contributed by atoms with Gasteiger partial charge in [0.15, 0.2) is 12.4 Å². The normalized spacial score (nSPS) is 13.7. The van der Waals surface area contributed by atoms with Crippen molar-refractivity contribution in [3.05, 3.63) is 101 Å². The van der Waals surface area contributed by atoms with E-state index in [1.807, 2.05) is 38.2 Å². The molecule has 0 fully saturated rings. The zero-order chi connectivity index (χ0) is 25.4. The first kappa shape index (κ1) is 23.5. The summed E-state index contributed by atoms with van der Waals surface area (Å²) in [6.07, 6.45) is 4.66. The van der Waals surface area contributed by atoms with E-state index in [1.165, 1.54) is 4.68 Å². The summed E-state index contributed by atoms with van der Waals surface area (Å²) in [5.41, 5.74) is 2.60. The van der Waals surface area contributed by atoms with Crippen LogP contribution in [0, 0.1) is 0 Å². The van der Waals surface area contributed by atoms with E-state index in [4.69, 9.17) is 11.6 Å². The van der Waals surface area contributed by atoms with E-state index < -0.39 is 17.7 Å². The zero-order valence-corrected chi connectivity index (χ0v) is 20.6. The van der Waals surface area contributed by atoms with Crippen LogP contribution in [0.1, 0.15) is 30.7 Å². The highest BCUT2D eigenvalue weighted by Crippen LogP contribution is 2.39. The van der Waals surface area contributed by atoms with Crippen molar-refractivity contribution in [3.63, 3.8) is 0 Å². The molecule has 180 valence electrons. The largest absolute Gasteiger partial charge is 0.858 e. The summed E-state index contributed by atoms with van der Waals surface area (Å²) in [6, 6.07) is 19.2. The highest BCUT2D eigenvalue weighted by molar-refractivity contribution is 6.53. The number of carbonyl (C=O) groups excluding carboxylic acids is 2. The van der Waals surface area contributed by atoms with Crippen molar-refractivity contribution in [2.45, 2.75) is 26.7 Å². The predicted octanol–water partition coefficient (Wildman–Crippen LogP) is 3.95. The van der Waals surface area contributed by atoms with E-state index in [0.717, 1.165) is 16.9 Å². The molecule has 0 radical (unpaired) electrons. The molecule has 0 saturated heterocycles. The summed E-state index contributed by atoms with van der Waals surface area (Å²) in [5, 5.41) is 18.8. The fourth-order valence-electron chi connectivity index (χ4n) is 4.39. The summed E-state index contributed by atoms with van der Waals surface area (Å²) in [6.45, 7) is 3.86. The maximum Gasteiger partial charge on any atom is 0.331 e. The van der Waals surface area contributed by atoms with Crippen molar-refractivity contribution < 1.29 is 19.3 Å². The summed E-state index contributed by atoms with van der Waals surface area (Å²) < 4.78 is 2.87. The Labute approximate surface area is 213 Å². The van der Waals surface area contributed by atoms with Gasteiger partial charge in [0, 0.05) is 22.2 Å². The topological polar surface area (TPSA) is 82.1 Å². The SMILES string of the molecule is CCc1ccc[n+](C2=C(c3c(CC)nn(-c4cccc(Cl)c4)c3[O-])C(=O)N(c3ccccc3)C2=O)c1. The molecule has 0 atom stereocenters. The van der Waals surface area contributed by atoms with Crippen molar-refractivity contribution in [3.8, 4) is 11.6 Å². The number of amides is 2. The Balaban J connectivity index is 1.78. The first-order valence-electron chi connectivity index (χ1n) is 11.7. The Morgan fingerprint density at radius 1 is 0.917 bits per heavy atom. The highest BCUT2D eigenvalue weighted by Gasteiger charge is 2.47. The lowest BCUT2D eigenvalue weighted by atomic mass is 10.0. The Kier molecular flexibility index (Phi) is 6.16. The second kappa shape index (κ2) is 9.43. The molecule has 0 saturated carbocycles. The van der Waals surface area contributed by atoms with Crippen LogP contribution in [0.2, 0.25) is 5.02 Å². The summed E-state index contributed by atoms with van der Waals surface area (Å²) in [4.78, 5) is 28.8. The Hall–Kier alpha value is -4.23. The molecule has 2 amide bonds. The number of rotatable bonds is 6. The number of hydrogen-bond donors (Lipinski definition) is 0. The molecule has 5 rings (SSSR count). The second-order valence-electron chi connectivity index (χ2n) is 8.35. The molecule has 3 heterocycles. The fraction of sp³-hybridized carbons (Fsp3) is 0.143. The van der Waals surface area contributed by atoms with Crippen molar-refractivity contribution in [2.75, 3.05) is 4.90 Å². The minimum Gasteiger partial charge on any atom is -0.858 e. The molecule has 7 nitrogen and oxygen atoms in total. The van der Waals surface area contributed by atoms with Gasteiger partial charge in [0.1, 0.15) is 5.57 Å². The fourth-order valence-corrected chi connectivity index (χ4v) is 4.58. The number of benzene rings is 2. The quantitative estimate of drug-likeness (QED) is 0.298. The number of hydrogen-bond acceptors (Lipinski definition) is 4. The summed E-state index contributed by atoms with van der Waals surface area (Å²) in [7, 11) is 0. The molecule has 36 heavy (non-hydrogen) atoms. The van der Waals surface area contributed by atoms with Gasteiger partial charge in [0.25, 0.3) is 11.6 Å². The lowest BCUT2D eigenvalue weighted by Gasteiger charge is -2.15. The maximum absolute atomic E-state index is 13.9. The first-order valence-corrected chi connectivity index (χ1v) is 12.1. The van der Waals surface area contributed by atoms with E-state index >= 15 is 0 Å². The second-order valence-corrected chi connectivity index (χ2v) is 8.79.